The number of hydrogen-bond acceptors (Lipinski definition) is 3. The first-order valence-electron chi connectivity index (χ1n) is 6.51. The van der Waals surface area contributed by atoms with Crippen LogP contribution in [0.3, 0.4) is 0 Å². The fourth-order valence-electron chi connectivity index (χ4n) is 2.82. The van der Waals surface area contributed by atoms with Crippen LogP contribution in [0.4, 0.5) is 4.39 Å². The molecule has 2 aromatic carbocycles. The number of hydrogen-bond donors (Lipinski definition) is 0. The van der Waals surface area contributed by atoms with Gasteiger partial charge in [0.25, 0.3) is 0 Å². The molecule has 0 unspecified atom stereocenters. The van der Waals surface area contributed by atoms with Crippen molar-refractivity contribution in [2.75, 3.05) is 6.61 Å². The number of ether oxygens (including phenoxy) is 1. The summed E-state index contributed by atoms with van der Waals surface area (Å²) in [5, 5.41) is 0. The van der Waals surface area contributed by atoms with Crippen molar-refractivity contribution in [2.24, 2.45) is 0 Å². The van der Waals surface area contributed by atoms with Crippen LogP contribution in [-0.4, -0.2) is 18.2 Å². The van der Waals surface area contributed by atoms with Gasteiger partial charge in [-0.1, -0.05) is 24.3 Å². The summed E-state index contributed by atoms with van der Waals surface area (Å²) in [5.41, 5.74) is 1.66. The van der Waals surface area contributed by atoms with Crippen LogP contribution in [-0.2, 0) is 0 Å². The third kappa shape index (κ3) is 1.59. The SMILES string of the molecule is O=C1C2=C(C(=O)c3ccccc31)c1cc(F)ccc1OC2. The predicted octanol–water partition coefficient (Wildman–Crippen LogP) is 3.05. The average Bonchev–Trinajstić information content (AvgIpc) is 2.51. The van der Waals surface area contributed by atoms with Gasteiger partial charge in [-0.15, -0.1) is 0 Å². The molecule has 1 heterocycles. The Kier molecular flexibility index (Phi) is 2.36. The maximum Gasteiger partial charge on any atom is 0.195 e. The largest absolute Gasteiger partial charge is 0.488 e. The molecule has 4 heteroatoms. The quantitative estimate of drug-likeness (QED) is 0.745. The van der Waals surface area contributed by atoms with Crippen molar-refractivity contribution in [1.29, 1.82) is 0 Å². The minimum Gasteiger partial charge on any atom is -0.488 e. The van der Waals surface area contributed by atoms with Crippen LogP contribution in [0, 0.1) is 5.82 Å². The standard InChI is InChI=1S/C17H9FO3/c18-9-5-6-14-12(7-9)15-13(8-21-14)16(19)10-3-1-2-4-11(10)17(15)20/h1-7H,8H2. The molecule has 0 fully saturated rings. The molecule has 1 aliphatic carbocycles. The van der Waals surface area contributed by atoms with E-state index in [9.17, 15) is 14.0 Å². The van der Waals surface area contributed by atoms with E-state index in [4.69, 9.17) is 4.74 Å². The molecule has 0 amide bonds. The van der Waals surface area contributed by atoms with Crippen molar-refractivity contribution in [3.8, 4) is 5.75 Å². The molecule has 0 atom stereocenters. The summed E-state index contributed by atoms with van der Waals surface area (Å²) in [6, 6.07) is 10.7. The number of benzene rings is 2. The molecule has 3 nitrogen and oxygen atoms in total. The Balaban J connectivity index is 2.01. The fourth-order valence-corrected chi connectivity index (χ4v) is 2.82. The highest BCUT2D eigenvalue weighted by atomic mass is 19.1. The zero-order valence-electron chi connectivity index (χ0n) is 10.9. The summed E-state index contributed by atoms with van der Waals surface area (Å²) < 4.78 is 19.0. The number of Topliss-reactive ketones (excluding diaryl/α,β-unsaturated/α-hetero) is 2. The Morgan fingerprint density at radius 3 is 2.38 bits per heavy atom. The molecule has 0 N–H and O–H groups in total. The van der Waals surface area contributed by atoms with Crippen molar-refractivity contribution < 1.29 is 18.7 Å². The molecule has 0 spiro atoms. The van der Waals surface area contributed by atoms with Gasteiger partial charge in [0, 0.05) is 27.8 Å². The number of ketones is 2. The Hall–Kier alpha value is -2.75. The number of fused-ring (bicyclic) bond motifs is 3. The van der Waals surface area contributed by atoms with Crippen LogP contribution in [0.25, 0.3) is 5.57 Å². The van der Waals surface area contributed by atoms with Crippen LogP contribution in [0.5, 0.6) is 5.75 Å². The van der Waals surface area contributed by atoms with Crippen molar-refractivity contribution in [3.05, 3.63) is 70.5 Å². The fraction of sp³-hybridized carbons (Fsp3) is 0.0588. The van der Waals surface area contributed by atoms with Crippen molar-refractivity contribution in [2.45, 2.75) is 0 Å². The lowest BCUT2D eigenvalue weighted by Gasteiger charge is -2.26. The summed E-state index contributed by atoms with van der Waals surface area (Å²) in [7, 11) is 0. The van der Waals surface area contributed by atoms with E-state index in [0.717, 1.165) is 0 Å². The Bertz CT molecular complexity index is 849. The average molecular weight is 280 g/mol. The van der Waals surface area contributed by atoms with E-state index in [1.54, 1.807) is 24.3 Å². The highest BCUT2D eigenvalue weighted by Crippen LogP contribution is 2.40. The van der Waals surface area contributed by atoms with Crippen molar-refractivity contribution in [3.63, 3.8) is 0 Å². The maximum atomic E-state index is 13.5. The molecule has 1 aliphatic heterocycles. The first-order valence-corrected chi connectivity index (χ1v) is 6.51. The number of carbonyl (C=O) groups excluding carboxylic acids is 2. The molecule has 2 aliphatic rings. The lowest BCUT2D eigenvalue weighted by atomic mass is 9.80. The number of carbonyl (C=O) groups is 2. The molecule has 0 aromatic heterocycles. The highest BCUT2D eigenvalue weighted by Gasteiger charge is 2.36. The molecule has 102 valence electrons. The van der Waals surface area contributed by atoms with Crippen LogP contribution >= 0.6 is 0 Å². The zero-order valence-corrected chi connectivity index (χ0v) is 10.9. The molecule has 0 saturated carbocycles. The summed E-state index contributed by atoms with van der Waals surface area (Å²) in [5.74, 6) is -0.522. The summed E-state index contributed by atoms with van der Waals surface area (Å²) in [6.07, 6.45) is 0. The minimum absolute atomic E-state index is 0.0346. The third-order valence-electron chi connectivity index (χ3n) is 3.80. The summed E-state index contributed by atoms with van der Waals surface area (Å²) >= 11 is 0. The van der Waals surface area contributed by atoms with E-state index in [1.807, 2.05) is 0 Å². The summed E-state index contributed by atoms with van der Waals surface area (Å²) in [6.45, 7) is 0.0346. The second-order valence-electron chi connectivity index (χ2n) is 4.99. The molecule has 0 radical (unpaired) electrons. The molecular formula is C17H9FO3. The molecular weight excluding hydrogens is 271 g/mol. The van der Waals surface area contributed by atoms with Gasteiger partial charge in [-0.05, 0) is 18.2 Å². The Morgan fingerprint density at radius 1 is 0.905 bits per heavy atom. The second kappa shape index (κ2) is 4.12. The smallest absolute Gasteiger partial charge is 0.195 e. The monoisotopic (exact) mass is 280 g/mol. The van der Waals surface area contributed by atoms with Gasteiger partial charge in [0.15, 0.2) is 11.6 Å². The lowest BCUT2D eigenvalue weighted by Crippen LogP contribution is -2.27. The van der Waals surface area contributed by atoms with E-state index in [2.05, 4.69) is 0 Å². The van der Waals surface area contributed by atoms with Crippen molar-refractivity contribution >= 4 is 17.1 Å². The van der Waals surface area contributed by atoms with Gasteiger partial charge in [-0.2, -0.15) is 0 Å². The normalized spacial score (nSPS) is 16.0. The topological polar surface area (TPSA) is 43.4 Å². The van der Waals surface area contributed by atoms with Crippen LogP contribution in [0.1, 0.15) is 26.3 Å². The second-order valence-corrected chi connectivity index (χ2v) is 4.99. The lowest BCUT2D eigenvalue weighted by molar-refractivity contribution is 0.0978. The third-order valence-corrected chi connectivity index (χ3v) is 3.80. The van der Waals surface area contributed by atoms with Crippen LogP contribution in [0.2, 0.25) is 0 Å². The van der Waals surface area contributed by atoms with Crippen LogP contribution in [0.15, 0.2) is 48.0 Å². The van der Waals surface area contributed by atoms with E-state index in [1.165, 1.54) is 18.2 Å². The van der Waals surface area contributed by atoms with Gasteiger partial charge in [-0.3, -0.25) is 9.59 Å². The van der Waals surface area contributed by atoms with E-state index in [-0.39, 0.29) is 23.7 Å². The number of rotatable bonds is 0. The highest BCUT2D eigenvalue weighted by molar-refractivity contribution is 6.41. The molecule has 21 heavy (non-hydrogen) atoms. The van der Waals surface area contributed by atoms with Crippen molar-refractivity contribution in [1.82, 2.24) is 0 Å². The van der Waals surface area contributed by atoms with Gasteiger partial charge in [-0.25, -0.2) is 4.39 Å². The Morgan fingerprint density at radius 2 is 1.62 bits per heavy atom. The predicted molar refractivity (Wildman–Crippen MR) is 73.9 cm³/mol. The zero-order chi connectivity index (χ0) is 14.6. The minimum atomic E-state index is -0.467. The molecule has 2 aromatic rings. The van der Waals surface area contributed by atoms with E-state index < -0.39 is 5.82 Å². The van der Waals surface area contributed by atoms with E-state index in [0.29, 0.717) is 28.0 Å². The maximum absolute atomic E-state index is 13.5. The van der Waals surface area contributed by atoms with Gasteiger partial charge in [0.1, 0.15) is 18.2 Å². The molecule has 0 saturated heterocycles. The molecule has 0 bridgehead atoms. The number of halogens is 1. The van der Waals surface area contributed by atoms with Gasteiger partial charge >= 0.3 is 0 Å². The van der Waals surface area contributed by atoms with Gasteiger partial charge < -0.3 is 4.74 Å². The van der Waals surface area contributed by atoms with Gasteiger partial charge in [0.05, 0.1) is 0 Å². The summed E-state index contributed by atoms with van der Waals surface area (Å²) in [4.78, 5) is 25.2. The number of allylic oxidation sites excluding steroid dienone is 1. The first kappa shape index (κ1) is 12.0. The van der Waals surface area contributed by atoms with E-state index >= 15 is 0 Å². The van der Waals surface area contributed by atoms with Gasteiger partial charge in [0.2, 0.25) is 0 Å². The molecule has 4 rings (SSSR count). The first-order chi connectivity index (χ1) is 10.2. The van der Waals surface area contributed by atoms with Crippen LogP contribution < -0.4 is 4.74 Å². The Labute approximate surface area is 119 Å².